The maximum atomic E-state index is 15.7. The molecule has 1 aliphatic heterocycles. The maximum absolute atomic E-state index is 15.7. The van der Waals surface area contributed by atoms with Gasteiger partial charge in [-0.2, -0.15) is 0 Å². The number of aryl methyl sites for hydroxylation is 1. The molecule has 13 heteroatoms. The summed E-state index contributed by atoms with van der Waals surface area (Å²) in [5, 5.41) is 7.74. The number of hydrogen-bond acceptors (Lipinski definition) is 9. The first-order valence-electron chi connectivity index (χ1n) is 12.8. The summed E-state index contributed by atoms with van der Waals surface area (Å²) in [7, 11) is -3.66. The SMILES string of the molecule is CCCS(=O)(=O)Nc1cccc(-c2cc(C)c3nc(-c4ccc(N=NN)nc4)nc(N4CCOCC4)c3c2)c1F. The lowest BCUT2D eigenvalue weighted by Gasteiger charge is -2.29. The van der Waals surface area contributed by atoms with Gasteiger partial charge in [0.05, 0.1) is 30.2 Å². The summed E-state index contributed by atoms with van der Waals surface area (Å²) in [6.45, 7) is 6.02. The van der Waals surface area contributed by atoms with Crippen molar-refractivity contribution in [3.63, 3.8) is 0 Å². The Bertz CT molecular complexity index is 1670. The molecule has 0 unspecified atom stereocenters. The molecule has 2 aromatic carbocycles. The summed E-state index contributed by atoms with van der Waals surface area (Å²) in [4.78, 5) is 16.1. The summed E-state index contributed by atoms with van der Waals surface area (Å²) in [6.07, 6.45) is 2.03. The molecule has 0 spiro atoms. The van der Waals surface area contributed by atoms with E-state index in [1.165, 1.54) is 6.07 Å². The van der Waals surface area contributed by atoms with Crippen molar-refractivity contribution in [2.75, 3.05) is 41.7 Å². The van der Waals surface area contributed by atoms with E-state index in [2.05, 4.69) is 24.9 Å². The molecule has 0 bridgehead atoms. The van der Waals surface area contributed by atoms with Crippen LogP contribution in [0.4, 0.5) is 21.7 Å². The summed E-state index contributed by atoms with van der Waals surface area (Å²) in [5.41, 5.74) is 2.98. The Hall–Kier alpha value is -4.23. The normalized spacial score (nSPS) is 14.2. The Labute approximate surface area is 231 Å². The van der Waals surface area contributed by atoms with Crippen molar-refractivity contribution in [3.8, 4) is 22.5 Å². The number of morpholine rings is 1. The van der Waals surface area contributed by atoms with Crippen LogP contribution >= 0.6 is 0 Å². The van der Waals surface area contributed by atoms with Gasteiger partial charge in [0, 0.05) is 35.8 Å². The minimum absolute atomic E-state index is 0.0891. The van der Waals surface area contributed by atoms with Gasteiger partial charge in [-0.25, -0.2) is 27.8 Å². The molecule has 208 valence electrons. The standard InChI is InChI=1S/C27H29FN8O3S/c1-3-13-40(37,38)34-22-6-4-5-20(24(22)28)19-14-17(2)25-21(15-19)27(36-9-11-39-12-10-36)32-26(31-25)18-7-8-23(30-16-18)33-35-29/h4-8,14-16,34H,3,9-13H2,1-2H3,(H2,29,30,33). The van der Waals surface area contributed by atoms with Gasteiger partial charge in [-0.3, -0.25) is 4.72 Å². The first-order valence-corrected chi connectivity index (χ1v) is 14.5. The number of anilines is 2. The molecule has 0 radical (unpaired) electrons. The summed E-state index contributed by atoms with van der Waals surface area (Å²) >= 11 is 0. The van der Waals surface area contributed by atoms with E-state index >= 15 is 4.39 Å². The highest BCUT2D eigenvalue weighted by molar-refractivity contribution is 7.92. The number of ether oxygens (including phenoxy) is 1. The van der Waals surface area contributed by atoms with Crippen molar-refractivity contribution < 1.29 is 17.5 Å². The molecule has 0 amide bonds. The predicted molar refractivity (Wildman–Crippen MR) is 152 cm³/mol. The minimum atomic E-state index is -3.66. The molecule has 5 rings (SSSR count). The first-order chi connectivity index (χ1) is 19.3. The number of halogens is 1. The predicted octanol–water partition coefficient (Wildman–Crippen LogP) is 4.75. The average molecular weight is 565 g/mol. The molecule has 0 saturated carbocycles. The van der Waals surface area contributed by atoms with E-state index in [1.807, 2.05) is 19.1 Å². The van der Waals surface area contributed by atoms with E-state index in [4.69, 9.17) is 20.5 Å². The Balaban J connectivity index is 1.65. The van der Waals surface area contributed by atoms with Gasteiger partial charge in [0.2, 0.25) is 10.0 Å². The van der Waals surface area contributed by atoms with Crippen LogP contribution in [0.5, 0.6) is 0 Å². The number of benzene rings is 2. The fourth-order valence-corrected chi connectivity index (χ4v) is 5.78. The molecule has 40 heavy (non-hydrogen) atoms. The van der Waals surface area contributed by atoms with Gasteiger partial charge in [0.25, 0.3) is 0 Å². The molecule has 1 saturated heterocycles. The number of nitrogens with one attached hydrogen (secondary N) is 1. The highest BCUT2D eigenvalue weighted by Gasteiger charge is 2.22. The largest absolute Gasteiger partial charge is 0.378 e. The minimum Gasteiger partial charge on any atom is -0.378 e. The quantitative estimate of drug-likeness (QED) is 0.177. The van der Waals surface area contributed by atoms with E-state index in [0.29, 0.717) is 66.8 Å². The zero-order chi connectivity index (χ0) is 28.3. The van der Waals surface area contributed by atoms with E-state index in [-0.39, 0.29) is 17.0 Å². The van der Waals surface area contributed by atoms with Gasteiger partial charge < -0.3 is 15.5 Å². The second-order valence-corrected chi connectivity index (χ2v) is 11.2. The van der Waals surface area contributed by atoms with Gasteiger partial charge in [-0.05, 0) is 54.8 Å². The number of aromatic nitrogens is 3. The molecule has 3 heterocycles. The molecule has 4 aromatic rings. The van der Waals surface area contributed by atoms with Gasteiger partial charge >= 0.3 is 0 Å². The fourth-order valence-electron chi connectivity index (χ4n) is 4.65. The van der Waals surface area contributed by atoms with Crippen molar-refractivity contribution in [3.05, 3.63) is 60.0 Å². The monoisotopic (exact) mass is 564 g/mol. The van der Waals surface area contributed by atoms with Crippen LogP contribution in [-0.4, -0.2) is 55.4 Å². The van der Waals surface area contributed by atoms with Crippen LogP contribution < -0.4 is 15.5 Å². The van der Waals surface area contributed by atoms with Crippen LogP contribution in [0.3, 0.4) is 0 Å². The number of pyridine rings is 1. The van der Waals surface area contributed by atoms with Gasteiger partial charge in [-0.15, -0.1) is 5.11 Å². The second-order valence-electron chi connectivity index (χ2n) is 9.37. The van der Waals surface area contributed by atoms with Gasteiger partial charge in [0.15, 0.2) is 17.5 Å². The highest BCUT2D eigenvalue weighted by Crippen LogP contribution is 2.36. The number of nitrogens with two attached hydrogens (primary N) is 1. The van der Waals surface area contributed by atoms with Crippen molar-refractivity contribution in [1.82, 2.24) is 15.0 Å². The van der Waals surface area contributed by atoms with Gasteiger partial charge in [-0.1, -0.05) is 24.3 Å². The van der Waals surface area contributed by atoms with E-state index in [9.17, 15) is 8.42 Å². The van der Waals surface area contributed by atoms with E-state index in [0.717, 1.165) is 10.9 Å². The molecular formula is C27H29FN8O3S. The molecule has 0 atom stereocenters. The lowest BCUT2D eigenvalue weighted by Crippen LogP contribution is -2.37. The molecule has 1 aliphatic rings. The Morgan fingerprint density at radius 1 is 1.12 bits per heavy atom. The van der Waals surface area contributed by atoms with Crippen LogP contribution in [0, 0.1) is 12.7 Å². The second kappa shape index (κ2) is 11.5. The van der Waals surface area contributed by atoms with E-state index < -0.39 is 15.8 Å². The lowest BCUT2D eigenvalue weighted by atomic mass is 9.99. The number of fused-ring (bicyclic) bond motifs is 1. The smallest absolute Gasteiger partial charge is 0.232 e. The summed E-state index contributed by atoms with van der Waals surface area (Å²) in [6, 6.07) is 11.8. The van der Waals surface area contributed by atoms with Crippen LogP contribution in [0.15, 0.2) is 59.0 Å². The zero-order valence-corrected chi connectivity index (χ0v) is 22.9. The molecule has 0 aliphatic carbocycles. The Kier molecular flexibility index (Phi) is 7.85. The summed E-state index contributed by atoms with van der Waals surface area (Å²) in [5.74, 6) is 5.92. The Morgan fingerprint density at radius 2 is 1.93 bits per heavy atom. The lowest BCUT2D eigenvalue weighted by molar-refractivity contribution is 0.122. The molecular weight excluding hydrogens is 535 g/mol. The number of sulfonamides is 1. The van der Waals surface area contributed by atoms with Crippen LogP contribution in [0.2, 0.25) is 0 Å². The maximum Gasteiger partial charge on any atom is 0.232 e. The molecule has 2 aromatic heterocycles. The third kappa shape index (κ3) is 5.70. The molecule has 1 fully saturated rings. The average Bonchev–Trinajstić information content (AvgIpc) is 2.94. The first kappa shape index (κ1) is 27.3. The van der Waals surface area contributed by atoms with Crippen LogP contribution in [0.1, 0.15) is 18.9 Å². The van der Waals surface area contributed by atoms with Crippen LogP contribution in [0.25, 0.3) is 33.4 Å². The number of nitrogens with zero attached hydrogens (tertiary/aromatic N) is 6. The van der Waals surface area contributed by atoms with Crippen molar-refractivity contribution in [2.24, 2.45) is 16.2 Å². The van der Waals surface area contributed by atoms with Crippen molar-refractivity contribution in [1.29, 1.82) is 0 Å². The number of hydrogen-bond donors (Lipinski definition) is 2. The highest BCUT2D eigenvalue weighted by atomic mass is 32.2. The van der Waals surface area contributed by atoms with Gasteiger partial charge in [0.1, 0.15) is 5.82 Å². The number of rotatable bonds is 8. The van der Waals surface area contributed by atoms with E-state index in [1.54, 1.807) is 37.4 Å². The third-order valence-corrected chi connectivity index (χ3v) is 7.97. The molecule has 11 nitrogen and oxygen atoms in total. The third-order valence-electron chi connectivity index (χ3n) is 6.50. The van der Waals surface area contributed by atoms with Crippen LogP contribution in [-0.2, 0) is 14.8 Å². The van der Waals surface area contributed by atoms with Crippen molar-refractivity contribution in [2.45, 2.75) is 20.3 Å². The fraction of sp³-hybridized carbons (Fsp3) is 0.296. The summed E-state index contributed by atoms with van der Waals surface area (Å²) < 4.78 is 48.2. The van der Waals surface area contributed by atoms with Crippen molar-refractivity contribution >= 4 is 38.2 Å². The molecule has 3 N–H and O–H groups in total. The Morgan fingerprint density at radius 3 is 2.62 bits per heavy atom. The topological polar surface area (TPSA) is 148 Å². The zero-order valence-electron chi connectivity index (χ0n) is 22.1.